The number of hydrogen-bond acceptors (Lipinski definition) is 2. The number of imidazole rings is 1. The van der Waals surface area contributed by atoms with E-state index in [1.807, 2.05) is 24.3 Å². The molecule has 0 unspecified atom stereocenters. The first kappa shape index (κ1) is 8.53. The number of benzene rings is 1. The summed E-state index contributed by atoms with van der Waals surface area (Å²) in [7, 11) is 0. The molecule has 0 radical (unpaired) electrons. The Morgan fingerprint density at radius 2 is 1.93 bits per heavy atom. The lowest BCUT2D eigenvalue weighted by Crippen LogP contribution is -1.86. The number of nitrogens with two attached hydrogens (primary N) is 1. The number of aryl methyl sites for hydroxylation is 2. The summed E-state index contributed by atoms with van der Waals surface area (Å²) in [6, 6.07) is 7.82. The minimum absolute atomic E-state index is 0.790. The third kappa shape index (κ3) is 1.40. The highest BCUT2D eigenvalue weighted by molar-refractivity contribution is 5.59. The third-order valence-corrected chi connectivity index (χ3v) is 2.89. The number of rotatable bonds is 1. The van der Waals surface area contributed by atoms with Crippen LogP contribution in [0.2, 0.25) is 0 Å². The molecule has 1 aromatic heterocycles. The zero-order chi connectivity index (χ0) is 10.3. The predicted octanol–water partition coefficient (Wildman–Crippen LogP) is 2.15. The number of fused-ring (bicyclic) bond motifs is 1. The van der Waals surface area contributed by atoms with Crippen molar-refractivity contribution in [1.82, 2.24) is 9.97 Å². The first-order chi connectivity index (χ1) is 7.33. The number of aromatic nitrogens is 2. The molecule has 1 aliphatic rings. The second-order valence-electron chi connectivity index (χ2n) is 3.99. The molecule has 0 saturated heterocycles. The Hall–Kier alpha value is -1.77. The van der Waals surface area contributed by atoms with Gasteiger partial charge in [-0.3, -0.25) is 0 Å². The molecule has 0 spiro atoms. The van der Waals surface area contributed by atoms with E-state index in [1.54, 1.807) is 0 Å². The molecule has 1 aromatic carbocycles. The Morgan fingerprint density at radius 1 is 1.13 bits per heavy atom. The Morgan fingerprint density at radius 3 is 2.67 bits per heavy atom. The van der Waals surface area contributed by atoms with Crippen LogP contribution in [0.25, 0.3) is 11.4 Å². The number of H-pyrrole nitrogens is 1. The van der Waals surface area contributed by atoms with Crippen LogP contribution >= 0.6 is 0 Å². The van der Waals surface area contributed by atoms with Crippen LogP contribution in [0.1, 0.15) is 17.8 Å². The molecule has 76 valence electrons. The monoisotopic (exact) mass is 199 g/mol. The van der Waals surface area contributed by atoms with E-state index in [9.17, 15) is 0 Å². The normalized spacial score (nSPS) is 14.1. The SMILES string of the molecule is Nc1ccc(-c2nc3c([nH]2)CCC3)cc1. The highest BCUT2D eigenvalue weighted by Gasteiger charge is 2.16. The minimum Gasteiger partial charge on any atom is -0.399 e. The van der Waals surface area contributed by atoms with Crippen LogP contribution in [0.3, 0.4) is 0 Å². The van der Waals surface area contributed by atoms with E-state index in [1.165, 1.54) is 17.8 Å². The molecule has 0 bridgehead atoms. The molecule has 1 heterocycles. The molecular formula is C12H13N3. The number of nitrogens with zero attached hydrogens (tertiary/aromatic N) is 1. The average Bonchev–Trinajstić information content (AvgIpc) is 2.78. The van der Waals surface area contributed by atoms with Gasteiger partial charge in [0.05, 0.1) is 5.69 Å². The van der Waals surface area contributed by atoms with Crippen LogP contribution in [0.5, 0.6) is 0 Å². The van der Waals surface area contributed by atoms with Crippen LogP contribution in [-0.2, 0) is 12.8 Å². The fourth-order valence-corrected chi connectivity index (χ4v) is 2.07. The predicted molar refractivity (Wildman–Crippen MR) is 60.5 cm³/mol. The van der Waals surface area contributed by atoms with Crippen LogP contribution in [0.4, 0.5) is 5.69 Å². The smallest absolute Gasteiger partial charge is 0.137 e. The molecule has 2 aromatic rings. The lowest BCUT2D eigenvalue weighted by molar-refractivity contribution is 0.878. The van der Waals surface area contributed by atoms with Gasteiger partial charge in [-0.05, 0) is 43.5 Å². The molecule has 3 nitrogen and oxygen atoms in total. The van der Waals surface area contributed by atoms with E-state index in [-0.39, 0.29) is 0 Å². The fourth-order valence-electron chi connectivity index (χ4n) is 2.07. The number of nitrogens with one attached hydrogen (secondary N) is 1. The summed E-state index contributed by atoms with van der Waals surface area (Å²) in [4.78, 5) is 7.97. The van der Waals surface area contributed by atoms with E-state index in [0.29, 0.717) is 0 Å². The first-order valence-corrected chi connectivity index (χ1v) is 5.26. The van der Waals surface area contributed by atoms with Crippen LogP contribution in [-0.4, -0.2) is 9.97 Å². The molecule has 0 fully saturated rings. The zero-order valence-corrected chi connectivity index (χ0v) is 8.46. The van der Waals surface area contributed by atoms with E-state index in [2.05, 4.69) is 9.97 Å². The average molecular weight is 199 g/mol. The molecule has 0 atom stereocenters. The van der Waals surface area contributed by atoms with E-state index >= 15 is 0 Å². The Labute approximate surface area is 88.3 Å². The Bertz CT molecular complexity index is 461. The van der Waals surface area contributed by atoms with Gasteiger partial charge in [-0.1, -0.05) is 0 Å². The number of hydrogen-bond donors (Lipinski definition) is 2. The van der Waals surface area contributed by atoms with E-state index < -0.39 is 0 Å². The minimum atomic E-state index is 0.790. The summed E-state index contributed by atoms with van der Waals surface area (Å²) in [5.41, 5.74) is 10.1. The summed E-state index contributed by atoms with van der Waals surface area (Å²) < 4.78 is 0. The molecule has 3 N–H and O–H groups in total. The standard InChI is InChI=1S/C12H13N3/c13-9-6-4-8(5-7-9)12-14-10-2-1-3-11(10)15-12/h4-7H,1-3,13H2,(H,14,15). The van der Waals surface area contributed by atoms with Gasteiger partial charge in [-0.2, -0.15) is 0 Å². The van der Waals surface area contributed by atoms with Gasteiger partial charge in [0.15, 0.2) is 0 Å². The molecule has 0 amide bonds. The van der Waals surface area contributed by atoms with Crippen molar-refractivity contribution in [3.05, 3.63) is 35.7 Å². The second kappa shape index (κ2) is 3.12. The third-order valence-electron chi connectivity index (χ3n) is 2.89. The van der Waals surface area contributed by atoms with Crippen LogP contribution in [0, 0.1) is 0 Å². The summed E-state index contributed by atoms with van der Waals surface area (Å²) in [6.45, 7) is 0. The fraction of sp³-hybridized carbons (Fsp3) is 0.250. The molecule has 3 rings (SSSR count). The van der Waals surface area contributed by atoms with Gasteiger partial charge in [0.2, 0.25) is 0 Å². The van der Waals surface area contributed by atoms with Crippen molar-refractivity contribution in [3.63, 3.8) is 0 Å². The summed E-state index contributed by atoms with van der Waals surface area (Å²) in [5.74, 6) is 0.972. The largest absolute Gasteiger partial charge is 0.399 e. The van der Waals surface area contributed by atoms with Crippen molar-refractivity contribution in [1.29, 1.82) is 0 Å². The van der Waals surface area contributed by atoms with Gasteiger partial charge >= 0.3 is 0 Å². The highest BCUT2D eigenvalue weighted by atomic mass is 14.9. The zero-order valence-electron chi connectivity index (χ0n) is 8.46. The first-order valence-electron chi connectivity index (χ1n) is 5.26. The summed E-state index contributed by atoms with van der Waals surface area (Å²) in [5, 5.41) is 0. The van der Waals surface area contributed by atoms with Crippen LogP contribution in [0.15, 0.2) is 24.3 Å². The van der Waals surface area contributed by atoms with Gasteiger partial charge in [-0.25, -0.2) is 4.98 Å². The van der Waals surface area contributed by atoms with E-state index in [0.717, 1.165) is 29.9 Å². The molecule has 1 aliphatic carbocycles. The maximum absolute atomic E-state index is 5.65. The second-order valence-corrected chi connectivity index (χ2v) is 3.99. The van der Waals surface area contributed by atoms with Crippen molar-refractivity contribution in [2.24, 2.45) is 0 Å². The highest BCUT2D eigenvalue weighted by Crippen LogP contribution is 2.24. The van der Waals surface area contributed by atoms with Crippen molar-refractivity contribution in [2.75, 3.05) is 5.73 Å². The maximum Gasteiger partial charge on any atom is 0.137 e. The number of nitrogen functional groups attached to an aromatic ring is 1. The van der Waals surface area contributed by atoms with Gasteiger partial charge in [0, 0.05) is 16.9 Å². The van der Waals surface area contributed by atoms with Gasteiger partial charge in [0.25, 0.3) is 0 Å². The van der Waals surface area contributed by atoms with E-state index in [4.69, 9.17) is 5.73 Å². The topological polar surface area (TPSA) is 54.7 Å². The maximum atomic E-state index is 5.65. The van der Waals surface area contributed by atoms with Crippen molar-refractivity contribution in [3.8, 4) is 11.4 Å². The summed E-state index contributed by atoms with van der Waals surface area (Å²) in [6.07, 6.45) is 3.48. The lowest BCUT2D eigenvalue weighted by atomic mass is 10.2. The molecule has 15 heavy (non-hydrogen) atoms. The molecular weight excluding hydrogens is 186 g/mol. The number of aromatic amines is 1. The van der Waals surface area contributed by atoms with Crippen molar-refractivity contribution in [2.45, 2.75) is 19.3 Å². The number of anilines is 1. The Kier molecular flexibility index (Phi) is 1.78. The quantitative estimate of drug-likeness (QED) is 0.691. The van der Waals surface area contributed by atoms with Gasteiger partial charge < -0.3 is 10.7 Å². The summed E-state index contributed by atoms with van der Waals surface area (Å²) >= 11 is 0. The molecule has 0 saturated carbocycles. The van der Waals surface area contributed by atoms with Crippen molar-refractivity contribution >= 4 is 5.69 Å². The van der Waals surface area contributed by atoms with Crippen LogP contribution < -0.4 is 5.73 Å². The molecule has 0 aliphatic heterocycles. The van der Waals surface area contributed by atoms with Gasteiger partial charge in [0.1, 0.15) is 5.82 Å². The van der Waals surface area contributed by atoms with Gasteiger partial charge in [-0.15, -0.1) is 0 Å². The Balaban J connectivity index is 2.02. The molecule has 3 heteroatoms. The lowest BCUT2D eigenvalue weighted by Gasteiger charge is -1.97. The van der Waals surface area contributed by atoms with Crippen molar-refractivity contribution < 1.29 is 0 Å².